The van der Waals surface area contributed by atoms with Gasteiger partial charge in [-0.1, -0.05) is 28.1 Å². The van der Waals surface area contributed by atoms with E-state index >= 15 is 0 Å². The fraction of sp³-hybridized carbons (Fsp3) is 0.133. The molecule has 0 amide bonds. The Morgan fingerprint density at radius 2 is 1.95 bits per heavy atom. The van der Waals surface area contributed by atoms with E-state index in [2.05, 4.69) is 31.2 Å². The standard InChI is InChI=1S/C15H13BrFN3O/c1-18-14(13-9(16)3-2-4-10(13)17)8-5-6-11-12(7-8)20-15(21)19-11/h2-7,14,18H,1H3,(H2,19,20,21). The third kappa shape index (κ3) is 2.52. The first-order valence-corrected chi connectivity index (χ1v) is 7.22. The molecule has 1 atom stereocenters. The van der Waals surface area contributed by atoms with Crippen molar-refractivity contribution in [3.63, 3.8) is 0 Å². The zero-order valence-electron chi connectivity index (χ0n) is 11.2. The van der Waals surface area contributed by atoms with Crippen LogP contribution in [0.1, 0.15) is 17.2 Å². The molecule has 0 aliphatic carbocycles. The number of hydrogen-bond acceptors (Lipinski definition) is 2. The molecule has 3 rings (SSSR count). The zero-order chi connectivity index (χ0) is 15.0. The fourth-order valence-corrected chi connectivity index (χ4v) is 3.06. The van der Waals surface area contributed by atoms with Crippen LogP contribution in [0.4, 0.5) is 4.39 Å². The predicted molar refractivity (Wildman–Crippen MR) is 83.9 cm³/mol. The van der Waals surface area contributed by atoms with Crippen LogP contribution in [0.5, 0.6) is 0 Å². The van der Waals surface area contributed by atoms with Gasteiger partial charge in [0.15, 0.2) is 0 Å². The van der Waals surface area contributed by atoms with Crippen LogP contribution in [0, 0.1) is 5.82 Å². The van der Waals surface area contributed by atoms with Gasteiger partial charge in [0.25, 0.3) is 0 Å². The fourth-order valence-electron chi connectivity index (χ4n) is 2.49. The van der Waals surface area contributed by atoms with Crippen LogP contribution in [0.15, 0.2) is 45.7 Å². The van der Waals surface area contributed by atoms with E-state index < -0.39 is 0 Å². The molecular formula is C15H13BrFN3O. The van der Waals surface area contributed by atoms with Crippen molar-refractivity contribution in [2.24, 2.45) is 0 Å². The number of benzene rings is 2. The van der Waals surface area contributed by atoms with Crippen LogP contribution in [-0.4, -0.2) is 17.0 Å². The normalized spacial score (nSPS) is 12.7. The van der Waals surface area contributed by atoms with E-state index in [1.165, 1.54) is 6.07 Å². The molecule has 0 spiro atoms. The summed E-state index contributed by atoms with van der Waals surface area (Å²) in [5.41, 5.74) is 2.58. The SMILES string of the molecule is CNC(c1ccc2[nH]c(=O)[nH]c2c1)c1c(F)cccc1Br. The molecule has 1 heterocycles. The van der Waals surface area contributed by atoms with Crippen LogP contribution in [-0.2, 0) is 0 Å². The Hall–Kier alpha value is -1.92. The van der Waals surface area contributed by atoms with E-state index in [1.54, 1.807) is 19.2 Å². The molecule has 21 heavy (non-hydrogen) atoms. The highest BCUT2D eigenvalue weighted by Gasteiger charge is 2.19. The molecule has 1 aromatic heterocycles. The van der Waals surface area contributed by atoms with Crippen LogP contribution < -0.4 is 11.0 Å². The summed E-state index contributed by atoms with van der Waals surface area (Å²) in [5, 5.41) is 3.12. The summed E-state index contributed by atoms with van der Waals surface area (Å²) in [4.78, 5) is 16.7. The number of aromatic amines is 2. The van der Waals surface area contributed by atoms with Gasteiger partial charge in [-0.25, -0.2) is 9.18 Å². The van der Waals surface area contributed by atoms with Crippen LogP contribution in [0.3, 0.4) is 0 Å². The summed E-state index contributed by atoms with van der Waals surface area (Å²) in [6, 6.07) is 10.1. The van der Waals surface area contributed by atoms with Gasteiger partial charge in [0.05, 0.1) is 17.1 Å². The van der Waals surface area contributed by atoms with Crippen molar-refractivity contribution in [2.75, 3.05) is 7.05 Å². The van der Waals surface area contributed by atoms with Gasteiger partial charge in [-0.15, -0.1) is 0 Å². The molecular weight excluding hydrogens is 337 g/mol. The molecule has 0 fully saturated rings. The number of imidazole rings is 1. The summed E-state index contributed by atoms with van der Waals surface area (Å²) in [5.74, 6) is -0.286. The van der Waals surface area contributed by atoms with Crippen molar-refractivity contribution < 1.29 is 4.39 Å². The summed E-state index contributed by atoms with van der Waals surface area (Å²) < 4.78 is 14.9. The van der Waals surface area contributed by atoms with Gasteiger partial charge in [0, 0.05) is 10.0 Å². The lowest BCUT2D eigenvalue weighted by atomic mass is 9.98. The quantitative estimate of drug-likeness (QED) is 0.680. The third-order valence-electron chi connectivity index (χ3n) is 3.45. The van der Waals surface area contributed by atoms with Crippen LogP contribution >= 0.6 is 15.9 Å². The van der Waals surface area contributed by atoms with Gasteiger partial charge < -0.3 is 15.3 Å². The molecule has 3 N–H and O–H groups in total. The number of H-pyrrole nitrogens is 2. The number of aromatic nitrogens is 2. The van der Waals surface area contributed by atoms with Gasteiger partial charge in [0.1, 0.15) is 5.82 Å². The first-order valence-electron chi connectivity index (χ1n) is 6.43. The van der Waals surface area contributed by atoms with Crippen LogP contribution in [0.2, 0.25) is 0 Å². The molecule has 1 unspecified atom stereocenters. The summed E-state index contributed by atoms with van der Waals surface area (Å²) >= 11 is 3.40. The van der Waals surface area contributed by atoms with Crippen molar-refractivity contribution in [1.82, 2.24) is 15.3 Å². The van der Waals surface area contributed by atoms with Crippen molar-refractivity contribution in [1.29, 1.82) is 0 Å². The molecule has 0 radical (unpaired) electrons. The van der Waals surface area contributed by atoms with Gasteiger partial charge in [-0.05, 0) is 36.9 Å². The second kappa shape index (κ2) is 5.46. The Bertz CT molecular complexity index is 835. The lowest BCUT2D eigenvalue weighted by molar-refractivity contribution is 0.574. The van der Waals surface area contributed by atoms with Gasteiger partial charge >= 0.3 is 5.69 Å². The largest absolute Gasteiger partial charge is 0.323 e. The maximum absolute atomic E-state index is 14.2. The molecule has 2 aromatic carbocycles. The highest BCUT2D eigenvalue weighted by Crippen LogP contribution is 2.31. The molecule has 0 saturated heterocycles. The van der Waals surface area contributed by atoms with Crippen molar-refractivity contribution >= 4 is 27.0 Å². The lowest BCUT2D eigenvalue weighted by Crippen LogP contribution is -2.19. The molecule has 3 aromatic rings. The highest BCUT2D eigenvalue weighted by molar-refractivity contribution is 9.10. The number of hydrogen-bond donors (Lipinski definition) is 3. The maximum Gasteiger partial charge on any atom is 0.323 e. The molecule has 0 aliphatic rings. The minimum absolute atomic E-state index is 0.254. The lowest BCUT2D eigenvalue weighted by Gasteiger charge is -2.19. The number of halogens is 2. The maximum atomic E-state index is 14.2. The van der Waals surface area contributed by atoms with Gasteiger partial charge in [-0.2, -0.15) is 0 Å². The Morgan fingerprint density at radius 3 is 2.67 bits per heavy atom. The van der Waals surface area contributed by atoms with Gasteiger partial charge in [0.2, 0.25) is 0 Å². The summed E-state index contributed by atoms with van der Waals surface area (Å²) in [6.45, 7) is 0. The average molecular weight is 350 g/mol. The van der Waals surface area contributed by atoms with E-state index in [-0.39, 0.29) is 17.5 Å². The molecule has 108 valence electrons. The minimum Gasteiger partial charge on any atom is -0.309 e. The average Bonchev–Trinajstić information content (AvgIpc) is 2.82. The summed E-state index contributed by atoms with van der Waals surface area (Å²) in [6.07, 6.45) is 0. The number of rotatable bonds is 3. The molecule has 0 bridgehead atoms. The first kappa shape index (κ1) is 14.0. The van der Waals surface area contributed by atoms with Gasteiger partial charge in [-0.3, -0.25) is 0 Å². The van der Waals surface area contributed by atoms with Crippen molar-refractivity contribution in [3.05, 3.63) is 68.3 Å². The number of fused-ring (bicyclic) bond motifs is 1. The second-order valence-electron chi connectivity index (χ2n) is 4.74. The van der Waals surface area contributed by atoms with Crippen molar-refractivity contribution in [3.8, 4) is 0 Å². The molecule has 4 nitrogen and oxygen atoms in total. The Labute approximate surface area is 128 Å². The van der Waals surface area contributed by atoms with Crippen LogP contribution in [0.25, 0.3) is 11.0 Å². The van der Waals surface area contributed by atoms with E-state index in [0.717, 1.165) is 11.1 Å². The molecule has 0 saturated carbocycles. The van der Waals surface area contributed by atoms with E-state index in [4.69, 9.17) is 0 Å². The topological polar surface area (TPSA) is 60.7 Å². The van der Waals surface area contributed by atoms with Crippen molar-refractivity contribution in [2.45, 2.75) is 6.04 Å². The highest BCUT2D eigenvalue weighted by atomic mass is 79.9. The van der Waals surface area contributed by atoms with E-state index in [1.807, 2.05) is 18.2 Å². The first-order chi connectivity index (χ1) is 10.1. The second-order valence-corrected chi connectivity index (χ2v) is 5.60. The smallest absolute Gasteiger partial charge is 0.309 e. The molecule has 6 heteroatoms. The van der Waals surface area contributed by atoms with E-state index in [0.29, 0.717) is 15.6 Å². The Kier molecular flexibility index (Phi) is 3.65. The van der Waals surface area contributed by atoms with E-state index in [9.17, 15) is 9.18 Å². The number of nitrogens with one attached hydrogen (secondary N) is 3. The Balaban J connectivity index is 2.15. The Morgan fingerprint density at radius 1 is 1.19 bits per heavy atom. The molecule has 0 aliphatic heterocycles. The third-order valence-corrected chi connectivity index (χ3v) is 4.14. The predicted octanol–water partition coefficient (Wildman–Crippen LogP) is 3.07. The zero-order valence-corrected chi connectivity index (χ0v) is 12.8. The monoisotopic (exact) mass is 349 g/mol. The summed E-state index contributed by atoms with van der Waals surface area (Å²) in [7, 11) is 1.77. The minimum atomic E-state index is -0.316.